The van der Waals surface area contributed by atoms with Gasteiger partial charge in [0.2, 0.25) is 11.8 Å². The molecule has 0 aliphatic heterocycles. The van der Waals surface area contributed by atoms with Crippen LogP contribution in [0.25, 0.3) is 0 Å². The first-order valence-electron chi connectivity index (χ1n) is 5.61. The van der Waals surface area contributed by atoms with Gasteiger partial charge in [-0.2, -0.15) is 4.98 Å². The minimum atomic E-state index is -0.481. The lowest BCUT2D eigenvalue weighted by molar-refractivity contribution is -0.385. The first kappa shape index (κ1) is 14.7. The number of thiophene rings is 1. The molecule has 0 atom stereocenters. The van der Waals surface area contributed by atoms with E-state index in [9.17, 15) is 10.1 Å². The molecule has 2 rings (SSSR count). The van der Waals surface area contributed by atoms with E-state index in [-0.39, 0.29) is 23.1 Å². The number of nitro groups is 1. The molecule has 0 bridgehead atoms. The van der Waals surface area contributed by atoms with Crippen LogP contribution in [0.4, 0.5) is 17.5 Å². The highest BCUT2D eigenvalue weighted by molar-refractivity contribution is 9.10. The number of aryl methyl sites for hydroxylation is 1. The normalized spacial score (nSPS) is 10.6. The van der Waals surface area contributed by atoms with Crippen LogP contribution < -0.4 is 10.6 Å². The molecule has 7 nitrogen and oxygen atoms in total. The van der Waals surface area contributed by atoms with E-state index >= 15 is 0 Å². The first-order valence-corrected chi connectivity index (χ1v) is 7.28. The van der Waals surface area contributed by atoms with Crippen molar-refractivity contribution in [3.8, 4) is 0 Å². The molecule has 2 N–H and O–H groups in total. The molecule has 0 spiro atoms. The summed E-state index contributed by atoms with van der Waals surface area (Å²) in [6.07, 6.45) is 0. The number of hydrogen-bond acceptors (Lipinski definition) is 7. The quantitative estimate of drug-likeness (QED) is 0.667. The van der Waals surface area contributed by atoms with Gasteiger partial charge < -0.3 is 10.6 Å². The van der Waals surface area contributed by atoms with Crippen LogP contribution in [0.5, 0.6) is 0 Å². The van der Waals surface area contributed by atoms with Gasteiger partial charge in [-0.05, 0) is 28.9 Å². The molecule has 0 unspecified atom stereocenters. The second-order valence-electron chi connectivity index (χ2n) is 4.18. The number of rotatable bonds is 4. The smallest absolute Gasteiger partial charge is 0.332 e. The zero-order valence-corrected chi connectivity index (χ0v) is 13.2. The fraction of sp³-hybridized carbons (Fsp3) is 0.273. The van der Waals surface area contributed by atoms with Crippen LogP contribution in [0.1, 0.15) is 10.6 Å². The van der Waals surface area contributed by atoms with Gasteiger partial charge in [0.15, 0.2) is 0 Å². The molecule has 0 amide bonds. The number of halogens is 1. The van der Waals surface area contributed by atoms with E-state index < -0.39 is 4.92 Å². The summed E-state index contributed by atoms with van der Waals surface area (Å²) < 4.78 is 0.985. The largest absolute Gasteiger partial charge is 0.368 e. The molecular formula is C11H12BrN5O2S. The average molecular weight is 358 g/mol. The third-order valence-corrected chi connectivity index (χ3v) is 4.30. The summed E-state index contributed by atoms with van der Waals surface area (Å²) in [7, 11) is 1.74. The van der Waals surface area contributed by atoms with Crippen LogP contribution in [0.2, 0.25) is 0 Å². The third kappa shape index (κ3) is 3.05. The lowest BCUT2D eigenvalue weighted by atomic mass is 10.3. The zero-order chi connectivity index (χ0) is 14.9. The Morgan fingerprint density at radius 1 is 1.55 bits per heavy atom. The molecule has 0 radical (unpaired) electrons. The summed E-state index contributed by atoms with van der Waals surface area (Å²) in [6, 6.07) is 1.96. The lowest BCUT2D eigenvalue weighted by Crippen LogP contribution is -2.20. The fourth-order valence-corrected chi connectivity index (χ4v) is 3.30. The van der Waals surface area contributed by atoms with Crippen molar-refractivity contribution in [2.24, 2.45) is 0 Å². The summed E-state index contributed by atoms with van der Waals surface area (Å²) in [5.74, 6) is 0.256. The van der Waals surface area contributed by atoms with E-state index in [1.807, 2.05) is 11.4 Å². The van der Waals surface area contributed by atoms with Crippen LogP contribution >= 0.6 is 27.3 Å². The van der Waals surface area contributed by atoms with Crippen LogP contribution in [0.3, 0.4) is 0 Å². The molecule has 0 aromatic carbocycles. The Hall–Kier alpha value is -1.74. The highest BCUT2D eigenvalue weighted by Gasteiger charge is 2.24. The summed E-state index contributed by atoms with van der Waals surface area (Å²) >= 11 is 4.94. The van der Waals surface area contributed by atoms with Gasteiger partial charge in [-0.15, -0.1) is 11.3 Å². The number of aromatic nitrogens is 2. The van der Waals surface area contributed by atoms with Crippen molar-refractivity contribution in [2.75, 3.05) is 17.7 Å². The maximum absolute atomic E-state index is 11.2. The standard InChI is InChI=1S/C11H12BrN5O2S/c1-6-9(17(18)19)10(15-11(13)14-6)16(2)4-8-3-7(12)5-20-8/h3,5H,4H2,1-2H3,(H2,13,14,15). The van der Waals surface area contributed by atoms with E-state index in [1.165, 1.54) is 0 Å². The molecule has 2 heterocycles. The second kappa shape index (κ2) is 5.71. The Morgan fingerprint density at radius 3 is 2.80 bits per heavy atom. The molecule has 2 aromatic heterocycles. The van der Waals surface area contributed by atoms with Crippen molar-refractivity contribution in [2.45, 2.75) is 13.5 Å². The Balaban J connectivity index is 2.38. The molecule has 106 valence electrons. The first-order chi connectivity index (χ1) is 9.38. The number of nitrogen functional groups attached to an aromatic ring is 1. The maximum Gasteiger partial charge on any atom is 0.332 e. The monoisotopic (exact) mass is 357 g/mol. The Kier molecular flexibility index (Phi) is 4.19. The molecule has 0 aliphatic carbocycles. The Labute approximate surface area is 127 Å². The molecule has 0 saturated carbocycles. The Bertz CT molecular complexity index is 660. The van der Waals surface area contributed by atoms with Crippen LogP contribution in [0.15, 0.2) is 15.9 Å². The van der Waals surface area contributed by atoms with Crippen molar-refractivity contribution >= 4 is 44.7 Å². The zero-order valence-electron chi connectivity index (χ0n) is 10.8. The summed E-state index contributed by atoms with van der Waals surface area (Å²) in [4.78, 5) is 21.3. The molecule has 0 fully saturated rings. The lowest BCUT2D eigenvalue weighted by Gasteiger charge is -2.17. The van der Waals surface area contributed by atoms with E-state index in [0.717, 1.165) is 9.35 Å². The number of nitrogens with zero attached hydrogens (tertiary/aromatic N) is 4. The van der Waals surface area contributed by atoms with Crippen molar-refractivity contribution in [3.63, 3.8) is 0 Å². The predicted octanol–water partition coefficient (Wildman–Crippen LogP) is 2.74. The molecule has 9 heteroatoms. The van der Waals surface area contributed by atoms with Crippen LogP contribution in [-0.2, 0) is 6.54 Å². The van der Waals surface area contributed by atoms with Gasteiger partial charge in [-0.1, -0.05) is 0 Å². The van der Waals surface area contributed by atoms with Crippen molar-refractivity contribution in [1.82, 2.24) is 9.97 Å². The average Bonchev–Trinajstić information content (AvgIpc) is 2.72. The van der Waals surface area contributed by atoms with Gasteiger partial charge in [-0.25, -0.2) is 4.98 Å². The Morgan fingerprint density at radius 2 is 2.25 bits per heavy atom. The van der Waals surface area contributed by atoms with Crippen molar-refractivity contribution in [1.29, 1.82) is 0 Å². The van der Waals surface area contributed by atoms with E-state index in [0.29, 0.717) is 6.54 Å². The highest BCUT2D eigenvalue weighted by atomic mass is 79.9. The van der Waals surface area contributed by atoms with Crippen molar-refractivity contribution < 1.29 is 4.92 Å². The molecule has 0 aliphatic rings. The highest BCUT2D eigenvalue weighted by Crippen LogP contribution is 2.30. The van der Waals surface area contributed by atoms with Crippen LogP contribution in [-0.4, -0.2) is 21.9 Å². The molecule has 2 aromatic rings. The van der Waals surface area contributed by atoms with Crippen LogP contribution in [0, 0.1) is 17.0 Å². The number of hydrogen-bond donors (Lipinski definition) is 1. The topological polar surface area (TPSA) is 98.2 Å². The van der Waals surface area contributed by atoms with Crippen molar-refractivity contribution in [3.05, 3.63) is 36.6 Å². The summed E-state index contributed by atoms with van der Waals surface area (Å²) in [5, 5.41) is 13.1. The molecular weight excluding hydrogens is 346 g/mol. The van der Waals surface area contributed by atoms with Gasteiger partial charge in [0, 0.05) is 21.8 Å². The minimum absolute atomic E-state index is 0.0299. The second-order valence-corrected chi connectivity index (χ2v) is 6.10. The predicted molar refractivity (Wildman–Crippen MR) is 82.0 cm³/mol. The van der Waals surface area contributed by atoms with E-state index in [2.05, 4.69) is 25.9 Å². The summed E-state index contributed by atoms with van der Waals surface area (Å²) in [5.41, 5.74) is 5.73. The van der Waals surface area contributed by atoms with E-state index in [1.54, 1.807) is 30.2 Å². The fourth-order valence-electron chi connectivity index (χ4n) is 1.80. The molecule has 20 heavy (non-hydrogen) atoms. The number of anilines is 2. The minimum Gasteiger partial charge on any atom is -0.368 e. The van der Waals surface area contributed by atoms with Gasteiger partial charge in [0.1, 0.15) is 5.69 Å². The van der Waals surface area contributed by atoms with Gasteiger partial charge >= 0.3 is 5.69 Å². The van der Waals surface area contributed by atoms with Gasteiger partial charge in [0.25, 0.3) is 0 Å². The number of nitrogens with two attached hydrogens (primary N) is 1. The third-order valence-electron chi connectivity index (χ3n) is 2.62. The molecule has 0 saturated heterocycles. The van der Waals surface area contributed by atoms with Gasteiger partial charge in [0.05, 0.1) is 11.5 Å². The maximum atomic E-state index is 11.2. The van der Waals surface area contributed by atoms with E-state index in [4.69, 9.17) is 5.73 Å². The summed E-state index contributed by atoms with van der Waals surface area (Å²) in [6.45, 7) is 2.06. The SMILES string of the molecule is Cc1nc(N)nc(N(C)Cc2cc(Br)cs2)c1[N+](=O)[O-]. The van der Waals surface area contributed by atoms with Gasteiger partial charge in [-0.3, -0.25) is 10.1 Å².